The molecule has 0 aliphatic rings. The Kier molecular flexibility index (Phi) is 6.39. The Balaban J connectivity index is 1.39. The fourth-order valence-corrected chi connectivity index (χ4v) is 4.49. The first-order valence-corrected chi connectivity index (χ1v) is 11.3. The lowest BCUT2D eigenvalue weighted by atomic mass is 10.2. The zero-order valence-electron chi connectivity index (χ0n) is 16.9. The first-order valence-electron chi connectivity index (χ1n) is 9.55. The molecule has 31 heavy (non-hydrogen) atoms. The van der Waals surface area contributed by atoms with E-state index in [4.69, 9.17) is 0 Å². The van der Waals surface area contributed by atoms with Gasteiger partial charge < -0.3 is 5.32 Å². The average molecular weight is 451 g/mol. The lowest BCUT2D eigenvalue weighted by Crippen LogP contribution is -2.14. The molecule has 0 fully saturated rings. The molecule has 4 aromatic rings. The third-order valence-corrected chi connectivity index (χ3v) is 6.60. The van der Waals surface area contributed by atoms with E-state index in [1.54, 1.807) is 12.1 Å². The normalized spacial score (nSPS) is 10.8. The van der Waals surface area contributed by atoms with E-state index in [1.807, 2.05) is 50.2 Å². The average Bonchev–Trinajstić information content (AvgIpc) is 3.16. The van der Waals surface area contributed by atoms with Crippen molar-refractivity contribution in [3.05, 3.63) is 77.7 Å². The number of anilines is 1. The molecular formula is C23H19FN4OS2. The van der Waals surface area contributed by atoms with Crippen molar-refractivity contribution >= 4 is 34.7 Å². The second-order valence-corrected chi connectivity index (χ2v) is 8.89. The minimum atomic E-state index is -0.274. The summed E-state index contributed by atoms with van der Waals surface area (Å²) in [4.78, 5) is 17.7. The molecule has 156 valence electrons. The third-order valence-electron chi connectivity index (χ3n) is 4.45. The fourth-order valence-electron chi connectivity index (χ4n) is 2.84. The lowest BCUT2D eigenvalue weighted by Gasteiger charge is -2.05. The first kappa shape index (κ1) is 21.1. The molecule has 0 spiro atoms. The summed E-state index contributed by atoms with van der Waals surface area (Å²) in [5, 5.41) is 12.9. The van der Waals surface area contributed by atoms with Gasteiger partial charge in [0.15, 0.2) is 0 Å². The highest BCUT2D eigenvalue weighted by molar-refractivity contribution is 7.99. The molecule has 1 amide bonds. The van der Waals surface area contributed by atoms with Crippen molar-refractivity contribution in [1.29, 1.82) is 0 Å². The largest absolute Gasteiger partial charge is 0.325 e. The van der Waals surface area contributed by atoms with E-state index in [9.17, 15) is 9.18 Å². The number of halogens is 1. The Morgan fingerprint density at radius 3 is 2.42 bits per heavy atom. The summed E-state index contributed by atoms with van der Waals surface area (Å²) in [6.45, 7) is 3.92. The van der Waals surface area contributed by atoms with Crippen LogP contribution in [-0.2, 0) is 4.79 Å². The molecule has 0 unspecified atom stereocenters. The maximum absolute atomic E-state index is 13.2. The highest BCUT2D eigenvalue weighted by atomic mass is 32.2. The van der Waals surface area contributed by atoms with E-state index in [0.29, 0.717) is 5.03 Å². The van der Waals surface area contributed by atoms with Crippen LogP contribution in [0.3, 0.4) is 0 Å². The molecular weight excluding hydrogens is 431 g/mol. The number of thiazole rings is 1. The number of aryl methyl sites for hydroxylation is 2. The zero-order chi connectivity index (χ0) is 21.8. The van der Waals surface area contributed by atoms with Crippen molar-refractivity contribution in [2.75, 3.05) is 11.1 Å². The van der Waals surface area contributed by atoms with E-state index >= 15 is 0 Å². The SMILES string of the molecule is Cc1ccc(NC(=O)CSc2ccc(-c3sc(-c4ccc(F)cc4)nc3C)nn2)cc1. The summed E-state index contributed by atoms with van der Waals surface area (Å²) < 4.78 is 13.2. The number of hydrogen-bond acceptors (Lipinski definition) is 6. The second kappa shape index (κ2) is 9.36. The van der Waals surface area contributed by atoms with Crippen molar-refractivity contribution < 1.29 is 9.18 Å². The van der Waals surface area contributed by atoms with Crippen LogP contribution in [-0.4, -0.2) is 26.8 Å². The van der Waals surface area contributed by atoms with Crippen LogP contribution in [0, 0.1) is 19.7 Å². The number of nitrogens with one attached hydrogen (secondary N) is 1. The molecule has 0 aliphatic carbocycles. The van der Waals surface area contributed by atoms with Crippen molar-refractivity contribution in [3.63, 3.8) is 0 Å². The highest BCUT2D eigenvalue weighted by Crippen LogP contribution is 2.34. The summed E-state index contributed by atoms with van der Waals surface area (Å²) in [6.07, 6.45) is 0. The van der Waals surface area contributed by atoms with Crippen LogP contribution in [0.2, 0.25) is 0 Å². The van der Waals surface area contributed by atoms with Crippen LogP contribution in [0.5, 0.6) is 0 Å². The third kappa shape index (κ3) is 5.34. The van der Waals surface area contributed by atoms with Gasteiger partial charge in [-0.3, -0.25) is 4.79 Å². The maximum atomic E-state index is 13.2. The predicted octanol–water partition coefficient (Wildman–Crippen LogP) is 5.75. The van der Waals surface area contributed by atoms with Crippen LogP contribution in [0.15, 0.2) is 65.7 Å². The topological polar surface area (TPSA) is 67.8 Å². The quantitative estimate of drug-likeness (QED) is 0.379. The van der Waals surface area contributed by atoms with Gasteiger partial charge in [-0.2, -0.15) is 0 Å². The Hall–Kier alpha value is -3.10. The first-order chi connectivity index (χ1) is 15.0. The van der Waals surface area contributed by atoms with Crippen molar-refractivity contribution in [1.82, 2.24) is 15.2 Å². The smallest absolute Gasteiger partial charge is 0.234 e. The molecule has 1 N–H and O–H groups in total. The molecule has 0 radical (unpaired) electrons. The van der Waals surface area contributed by atoms with Gasteiger partial charge in [-0.25, -0.2) is 9.37 Å². The number of amides is 1. The number of nitrogens with zero attached hydrogens (tertiary/aromatic N) is 3. The highest BCUT2D eigenvalue weighted by Gasteiger charge is 2.13. The molecule has 2 heterocycles. The molecule has 0 bridgehead atoms. The standard InChI is InChI=1S/C23H19FN4OS2/c1-14-3-9-18(10-4-14)26-20(29)13-30-21-12-11-19(27-28-21)22-15(2)25-23(31-22)16-5-7-17(24)8-6-16/h3-12H,13H2,1-2H3,(H,26,29). The van der Waals surface area contributed by atoms with E-state index in [2.05, 4.69) is 20.5 Å². The Bertz CT molecular complexity index is 1190. The van der Waals surface area contributed by atoms with Crippen LogP contribution >= 0.6 is 23.1 Å². The Morgan fingerprint density at radius 1 is 1.00 bits per heavy atom. The molecule has 0 saturated heterocycles. The summed E-state index contributed by atoms with van der Waals surface area (Å²) in [5.41, 5.74) is 4.34. The van der Waals surface area contributed by atoms with Gasteiger partial charge in [0.25, 0.3) is 0 Å². The van der Waals surface area contributed by atoms with E-state index in [0.717, 1.165) is 38.1 Å². The second-order valence-electron chi connectivity index (χ2n) is 6.90. The Morgan fingerprint density at radius 2 is 1.74 bits per heavy atom. The number of aromatic nitrogens is 3. The summed E-state index contributed by atoms with van der Waals surface area (Å²) in [6, 6.07) is 17.7. The van der Waals surface area contributed by atoms with Gasteiger partial charge in [-0.1, -0.05) is 29.5 Å². The molecule has 0 aliphatic heterocycles. The minimum Gasteiger partial charge on any atom is -0.325 e. The number of rotatable bonds is 6. The van der Waals surface area contributed by atoms with Crippen LogP contribution in [0.25, 0.3) is 21.1 Å². The van der Waals surface area contributed by atoms with Crippen LogP contribution in [0.4, 0.5) is 10.1 Å². The van der Waals surface area contributed by atoms with E-state index < -0.39 is 0 Å². The van der Waals surface area contributed by atoms with E-state index in [-0.39, 0.29) is 17.5 Å². The molecule has 0 atom stereocenters. The van der Waals surface area contributed by atoms with Gasteiger partial charge in [-0.05, 0) is 62.4 Å². The fraction of sp³-hybridized carbons (Fsp3) is 0.130. The number of benzene rings is 2. The van der Waals surface area contributed by atoms with Crippen molar-refractivity contribution in [2.45, 2.75) is 18.9 Å². The number of thioether (sulfide) groups is 1. The van der Waals surface area contributed by atoms with Gasteiger partial charge in [-0.15, -0.1) is 21.5 Å². The summed E-state index contributed by atoms with van der Waals surface area (Å²) >= 11 is 2.82. The van der Waals surface area contributed by atoms with Gasteiger partial charge in [0, 0.05) is 11.3 Å². The number of carbonyl (C=O) groups excluding carboxylic acids is 1. The van der Waals surface area contributed by atoms with Crippen molar-refractivity contribution in [3.8, 4) is 21.1 Å². The Labute approximate surface area is 187 Å². The molecule has 0 saturated carbocycles. The molecule has 5 nitrogen and oxygen atoms in total. The number of carbonyl (C=O) groups is 1. The monoisotopic (exact) mass is 450 g/mol. The number of hydrogen-bond donors (Lipinski definition) is 1. The van der Waals surface area contributed by atoms with Gasteiger partial charge >= 0.3 is 0 Å². The molecule has 8 heteroatoms. The van der Waals surface area contributed by atoms with E-state index in [1.165, 1.54) is 35.2 Å². The predicted molar refractivity (Wildman–Crippen MR) is 124 cm³/mol. The van der Waals surface area contributed by atoms with Crippen molar-refractivity contribution in [2.24, 2.45) is 0 Å². The van der Waals surface area contributed by atoms with Gasteiger partial charge in [0.1, 0.15) is 21.5 Å². The molecule has 2 aromatic heterocycles. The summed E-state index contributed by atoms with van der Waals surface area (Å²) in [7, 11) is 0. The maximum Gasteiger partial charge on any atom is 0.234 e. The van der Waals surface area contributed by atoms with Crippen LogP contribution < -0.4 is 5.32 Å². The van der Waals surface area contributed by atoms with Gasteiger partial charge in [0.05, 0.1) is 16.3 Å². The molecule has 2 aromatic carbocycles. The molecule has 4 rings (SSSR count). The zero-order valence-corrected chi connectivity index (χ0v) is 18.6. The minimum absolute atomic E-state index is 0.0954. The van der Waals surface area contributed by atoms with Gasteiger partial charge in [0.2, 0.25) is 5.91 Å². The van der Waals surface area contributed by atoms with Crippen LogP contribution in [0.1, 0.15) is 11.3 Å². The lowest BCUT2D eigenvalue weighted by molar-refractivity contribution is -0.113. The summed E-state index contributed by atoms with van der Waals surface area (Å²) in [5.74, 6) is -0.123.